The molecule has 2 amide bonds. The van der Waals surface area contributed by atoms with Crippen molar-refractivity contribution >= 4 is 11.8 Å². The van der Waals surface area contributed by atoms with Gasteiger partial charge in [0, 0.05) is 13.8 Å². The van der Waals surface area contributed by atoms with E-state index in [1.54, 1.807) is 0 Å². The molecule has 4 saturated heterocycles. The first-order chi connectivity index (χ1) is 24.0. The maximum atomic E-state index is 12.1. The molecule has 0 radical (unpaired) electrons. The lowest BCUT2D eigenvalue weighted by Crippen LogP contribution is -2.69. The molecule has 296 valence electrons. The fourth-order valence-corrected chi connectivity index (χ4v) is 6.25. The topological polar surface area (TPSA) is 366 Å². The molecule has 51 heavy (non-hydrogen) atoms. The minimum atomic E-state index is -1.92. The van der Waals surface area contributed by atoms with Crippen molar-refractivity contribution in [2.45, 2.75) is 137 Å². The minimum Gasteiger partial charge on any atom is -0.394 e. The molecule has 14 N–H and O–H groups in total. The van der Waals surface area contributed by atoms with Crippen molar-refractivity contribution in [3.63, 3.8) is 0 Å². The summed E-state index contributed by atoms with van der Waals surface area (Å²) >= 11 is 0. The van der Waals surface area contributed by atoms with Crippen LogP contribution in [0.3, 0.4) is 0 Å². The number of hydrogen-bond acceptors (Lipinski definition) is 21. The zero-order valence-electron chi connectivity index (χ0n) is 27.4. The number of hydrogen-bond donors (Lipinski definition) is 14. The van der Waals surface area contributed by atoms with Crippen LogP contribution in [0.2, 0.25) is 0 Å². The maximum absolute atomic E-state index is 12.1. The van der Waals surface area contributed by atoms with Gasteiger partial charge in [-0.3, -0.25) is 9.59 Å². The molecular formula is C28H48N2O21. The molecule has 23 nitrogen and oxygen atoms in total. The van der Waals surface area contributed by atoms with Crippen molar-refractivity contribution < 1.29 is 104 Å². The third-order valence-corrected chi connectivity index (χ3v) is 8.99. The third-order valence-electron chi connectivity index (χ3n) is 8.99. The van der Waals surface area contributed by atoms with E-state index < -0.39 is 161 Å². The summed E-state index contributed by atoms with van der Waals surface area (Å²) in [6.45, 7) is -0.987. The Morgan fingerprint density at radius 3 is 1.43 bits per heavy atom. The molecule has 23 heteroatoms. The van der Waals surface area contributed by atoms with Crippen LogP contribution in [0.4, 0.5) is 0 Å². The molecule has 0 aromatic rings. The zero-order chi connectivity index (χ0) is 37.9. The van der Waals surface area contributed by atoms with E-state index in [1.165, 1.54) is 0 Å². The molecule has 4 heterocycles. The molecule has 0 aliphatic carbocycles. The predicted molar refractivity (Wildman–Crippen MR) is 157 cm³/mol. The van der Waals surface area contributed by atoms with E-state index in [-0.39, 0.29) is 0 Å². The van der Waals surface area contributed by atoms with Gasteiger partial charge in [-0.05, 0) is 0 Å². The molecule has 4 fully saturated rings. The molecule has 4 rings (SSSR count). The number of ether oxygens (including phenoxy) is 7. The zero-order valence-corrected chi connectivity index (χ0v) is 27.4. The van der Waals surface area contributed by atoms with Gasteiger partial charge in [0.2, 0.25) is 11.8 Å². The third kappa shape index (κ3) is 9.29. The van der Waals surface area contributed by atoms with E-state index >= 15 is 0 Å². The molecule has 0 bridgehead atoms. The highest BCUT2D eigenvalue weighted by Gasteiger charge is 2.54. The highest BCUT2D eigenvalue weighted by molar-refractivity contribution is 5.73. The summed E-state index contributed by atoms with van der Waals surface area (Å²) in [5, 5.41) is 129. The van der Waals surface area contributed by atoms with Crippen LogP contribution in [0.5, 0.6) is 0 Å². The second kappa shape index (κ2) is 18.0. The Kier molecular flexibility index (Phi) is 14.8. The Bertz CT molecular complexity index is 1140. The van der Waals surface area contributed by atoms with Gasteiger partial charge in [-0.2, -0.15) is 0 Å². The van der Waals surface area contributed by atoms with Gasteiger partial charge in [0.1, 0.15) is 97.5 Å². The average Bonchev–Trinajstić information content (AvgIpc) is 3.08. The van der Waals surface area contributed by atoms with Crippen LogP contribution in [0, 0.1) is 0 Å². The van der Waals surface area contributed by atoms with Gasteiger partial charge < -0.3 is 105 Å². The van der Waals surface area contributed by atoms with Gasteiger partial charge in [-0.15, -0.1) is 0 Å². The number of carbonyl (C=O) groups excluding carboxylic acids is 2. The van der Waals surface area contributed by atoms with E-state index in [0.29, 0.717) is 0 Å². The van der Waals surface area contributed by atoms with Gasteiger partial charge in [-0.1, -0.05) is 0 Å². The minimum absolute atomic E-state index is 0.703. The summed E-state index contributed by atoms with van der Waals surface area (Å²) in [6, 6.07) is -3.01. The number of aliphatic hydroxyl groups excluding tert-OH is 12. The fraction of sp³-hybridized carbons (Fsp3) is 0.929. The first kappa shape index (κ1) is 41.9. The molecular weight excluding hydrogens is 700 g/mol. The fourth-order valence-electron chi connectivity index (χ4n) is 6.25. The Morgan fingerprint density at radius 1 is 0.510 bits per heavy atom. The standard InChI is InChI=1S/C28H48N2O21/c1-7(34)29-13-18(39)23(50-27-21(42)19(40)15(36)9(3-31)47-27)11(5-33)49-26(13)45-6-12-17(38)24(14(25(44)46-12)30-8(2)35)51-28-22(43)20(41)16(37)10(4-32)48-28/h9-28,31-33,36-44H,3-6H2,1-2H3,(H,29,34)(H,30,35)/t9-,10-,11-,12-,13-,14-,15+,16+,17-,18-,19+,20+,21-,22-,23-,24-,25?,26-,27+,28+/m1/s1. The quantitative estimate of drug-likeness (QED) is 0.0881. The van der Waals surface area contributed by atoms with Crippen molar-refractivity contribution in [3.05, 3.63) is 0 Å². The van der Waals surface area contributed by atoms with E-state index in [0.717, 1.165) is 13.8 Å². The number of rotatable bonds is 12. The molecule has 0 saturated carbocycles. The number of carbonyl (C=O) groups is 2. The van der Waals surface area contributed by atoms with Crippen molar-refractivity contribution in [1.29, 1.82) is 0 Å². The first-order valence-electron chi connectivity index (χ1n) is 16.1. The van der Waals surface area contributed by atoms with Crippen LogP contribution in [-0.2, 0) is 42.7 Å². The van der Waals surface area contributed by atoms with Gasteiger partial charge in [0.05, 0.1) is 26.4 Å². The van der Waals surface area contributed by atoms with Crippen molar-refractivity contribution in [2.24, 2.45) is 0 Å². The molecule has 20 atom stereocenters. The SMILES string of the molecule is CC(=O)N[C@H]1[C@H](OC[C@H]2OC(O)[C@H](NC(C)=O)[C@@H](O[C@@H]3O[C@H](CO)[C@H](O)[C@H](O)[C@H]3O)[C@@H]2O)O[C@H](CO)[C@@H](O[C@@H]2O[C@H](CO)[C@H](O)[C@H](O)[C@H]2O)[C@@H]1O. The van der Waals surface area contributed by atoms with E-state index in [9.17, 15) is 70.9 Å². The second-order valence-corrected chi connectivity index (χ2v) is 12.7. The molecule has 4 aliphatic rings. The number of nitrogens with one attached hydrogen (secondary N) is 2. The lowest BCUT2D eigenvalue weighted by molar-refractivity contribution is -0.356. The van der Waals surface area contributed by atoms with Gasteiger partial charge >= 0.3 is 0 Å². The van der Waals surface area contributed by atoms with E-state index in [2.05, 4.69) is 10.6 Å². The van der Waals surface area contributed by atoms with Crippen LogP contribution in [0.15, 0.2) is 0 Å². The van der Waals surface area contributed by atoms with Gasteiger partial charge in [0.15, 0.2) is 25.2 Å². The predicted octanol–water partition coefficient (Wildman–Crippen LogP) is -9.46. The largest absolute Gasteiger partial charge is 0.394 e. The highest BCUT2D eigenvalue weighted by atomic mass is 16.7. The molecule has 0 aromatic heterocycles. The smallest absolute Gasteiger partial charge is 0.217 e. The van der Waals surface area contributed by atoms with Crippen molar-refractivity contribution in [2.75, 3.05) is 26.4 Å². The summed E-state index contributed by atoms with van der Waals surface area (Å²) in [7, 11) is 0. The second-order valence-electron chi connectivity index (χ2n) is 12.7. The molecule has 0 spiro atoms. The lowest BCUT2D eigenvalue weighted by Gasteiger charge is -2.48. The highest BCUT2D eigenvalue weighted by Crippen LogP contribution is 2.32. The molecule has 0 aromatic carbocycles. The van der Waals surface area contributed by atoms with Gasteiger partial charge in [-0.25, -0.2) is 0 Å². The lowest BCUT2D eigenvalue weighted by atomic mass is 9.94. The van der Waals surface area contributed by atoms with Crippen LogP contribution in [-0.4, -0.2) is 222 Å². The first-order valence-corrected chi connectivity index (χ1v) is 16.1. The maximum Gasteiger partial charge on any atom is 0.217 e. The summed E-state index contributed by atoms with van der Waals surface area (Å²) < 4.78 is 39.0. The van der Waals surface area contributed by atoms with Crippen molar-refractivity contribution in [3.8, 4) is 0 Å². The van der Waals surface area contributed by atoms with Gasteiger partial charge in [0.25, 0.3) is 0 Å². The summed E-state index contributed by atoms with van der Waals surface area (Å²) in [5.74, 6) is -1.41. The Morgan fingerprint density at radius 2 is 0.961 bits per heavy atom. The summed E-state index contributed by atoms with van der Waals surface area (Å²) in [5.41, 5.74) is 0. The Balaban J connectivity index is 1.51. The number of amides is 2. The normalized spacial score (nSPS) is 47.8. The van der Waals surface area contributed by atoms with E-state index in [4.69, 9.17) is 33.2 Å². The van der Waals surface area contributed by atoms with Crippen molar-refractivity contribution in [1.82, 2.24) is 10.6 Å². The number of aliphatic hydroxyl groups is 12. The van der Waals surface area contributed by atoms with Crippen LogP contribution >= 0.6 is 0 Å². The van der Waals surface area contributed by atoms with E-state index in [1.807, 2.05) is 0 Å². The van der Waals surface area contributed by atoms with Crippen LogP contribution in [0.25, 0.3) is 0 Å². The summed E-state index contributed by atoms with van der Waals surface area (Å²) in [6.07, 6.45) is -30.8. The Hall–Kier alpha value is -1.82. The average molecular weight is 749 g/mol. The monoisotopic (exact) mass is 748 g/mol. The molecule has 4 aliphatic heterocycles. The summed E-state index contributed by atoms with van der Waals surface area (Å²) in [4.78, 5) is 24.1. The van der Waals surface area contributed by atoms with Crippen LogP contribution < -0.4 is 10.6 Å². The molecule has 1 unspecified atom stereocenters. The van der Waals surface area contributed by atoms with Crippen LogP contribution in [0.1, 0.15) is 13.8 Å². The Labute approximate surface area is 289 Å².